The van der Waals surface area contributed by atoms with E-state index in [1.807, 2.05) is 6.92 Å². The third-order valence-electron chi connectivity index (χ3n) is 17.4. The lowest BCUT2D eigenvalue weighted by Gasteiger charge is -2.58. The fourth-order valence-corrected chi connectivity index (χ4v) is 13.5. The summed E-state index contributed by atoms with van der Waals surface area (Å²) in [6.45, 7) is 9.43. The monoisotopic (exact) mass is 902 g/mol. The first-order chi connectivity index (χ1) is 29.8. The van der Waals surface area contributed by atoms with Crippen LogP contribution < -0.4 is 0 Å². The lowest BCUT2D eigenvalue weighted by Crippen LogP contribution is -2.64. The molecule has 0 aromatic heterocycles. The van der Waals surface area contributed by atoms with E-state index in [4.69, 9.17) is 33.2 Å². The number of aliphatic hydroxyl groups excluding tert-OH is 10. The van der Waals surface area contributed by atoms with Gasteiger partial charge in [-0.3, -0.25) is 0 Å². The molecular weight excluding hydrogens is 828 g/mol. The van der Waals surface area contributed by atoms with Crippen LogP contribution in [0.5, 0.6) is 0 Å². The summed E-state index contributed by atoms with van der Waals surface area (Å²) in [6, 6.07) is 0. The smallest absolute Gasteiger partial charge is 0.187 e. The van der Waals surface area contributed by atoms with E-state index in [0.29, 0.717) is 43.4 Å². The molecule has 8 aliphatic rings. The molecule has 0 radical (unpaired) electrons. The normalized spacial score (nSPS) is 55.0. The minimum Gasteiger partial charge on any atom is -0.394 e. The van der Waals surface area contributed by atoms with Gasteiger partial charge in [0.2, 0.25) is 0 Å². The molecule has 8 rings (SSSR count). The minimum absolute atomic E-state index is 0.0148. The Bertz CT molecular complexity index is 1600. The zero-order valence-corrected chi connectivity index (χ0v) is 37.1. The molecule has 4 aliphatic heterocycles. The van der Waals surface area contributed by atoms with Crippen molar-refractivity contribution in [2.24, 2.45) is 46.3 Å². The van der Waals surface area contributed by atoms with Gasteiger partial charge >= 0.3 is 0 Å². The molecule has 18 heteroatoms. The van der Waals surface area contributed by atoms with Crippen LogP contribution in [0.4, 0.5) is 0 Å². The van der Waals surface area contributed by atoms with Crippen LogP contribution in [0, 0.1) is 46.3 Å². The molecule has 4 saturated heterocycles. The maximum absolute atomic E-state index is 12.0. The van der Waals surface area contributed by atoms with Crippen molar-refractivity contribution >= 4 is 0 Å². The van der Waals surface area contributed by atoms with Gasteiger partial charge in [-0.2, -0.15) is 0 Å². The van der Waals surface area contributed by atoms with Gasteiger partial charge in [0.25, 0.3) is 0 Å². The fraction of sp³-hybridized carbons (Fsp3) is 0.956. The summed E-state index contributed by atoms with van der Waals surface area (Å²) >= 11 is 0. The average Bonchev–Trinajstić information content (AvgIpc) is 3.70. The van der Waals surface area contributed by atoms with Gasteiger partial charge in [0.15, 0.2) is 24.7 Å². The molecule has 11 N–H and O–H groups in total. The van der Waals surface area contributed by atoms with Crippen LogP contribution in [0.2, 0.25) is 0 Å². The lowest BCUT2D eigenvalue weighted by atomic mass is 9.47. The third kappa shape index (κ3) is 8.51. The number of fused-ring (bicyclic) bond motifs is 7. The molecule has 362 valence electrons. The highest BCUT2D eigenvalue weighted by Crippen LogP contribution is 2.70. The summed E-state index contributed by atoms with van der Waals surface area (Å²) in [5.41, 5.74) is 1.23. The van der Waals surface area contributed by atoms with Crippen molar-refractivity contribution in [1.82, 2.24) is 0 Å². The highest BCUT2D eigenvalue weighted by Gasteiger charge is 2.68. The van der Waals surface area contributed by atoms with Gasteiger partial charge in [0, 0.05) is 12.3 Å². The van der Waals surface area contributed by atoms with E-state index in [2.05, 4.69) is 26.8 Å². The van der Waals surface area contributed by atoms with Crippen LogP contribution in [0.25, 0.3) is 0 Å². The number of ether oxygens (including phenoxy) is 7. The van der Waals surface area contributed by atoms with Gasteiger partial charge in [0.05, 0.1) is 38.1 Å². The van der Waals surface area contributed by atoms with E-state index in [0.717, 1.165) is 32.1 Å². The van der Waals surface area contributed by atoms with Crippen LogP contribution in [-0.2, 0) is 33.2 Å². The SMILES string of the molecule is C[C@H](CCC1(O)OC2CC3C4CC=C5C[C@@H](O[C@@H]6O[C@H](CO)[C@@H](O)[C@H](O)[C@H]6O[C@@H]6O[C@@H](C)[C@H](O)[C@@H](O)[C@H]6O)CC[C@]5(C)C4CC[C@]3(C)C2[C@@H]1C)CO[C@@H]1O[C@H](CO)[C@@H](O)[C@H](O)[C@H]1O. The number of allylic oxidation sites excluding steroid dienone is 1. The van der Waals surface area contributed by atoms with Crippen LogP contribution in [0.1, 0.15) is 92.4 Å². The molecule has 6 unspecified atom stereocenters. The van der Waals surface area contributed by atoms with Gasteiger partial charge in [-0.05, 0) is 98.7 Å². The number of hydrogen-bond acceptors (Lipinski definition) is 18. The fourth-order valence-electron chi connectivity index (χ4n) is 13.5. The zero-order valence-electron chi connectivity index (χ0n) is 37.1. The summed E-state index contributed by atoms with van der Waals surface area (Å²) in [6.07, 6.45) is -11.5. The van der Waals surface area contributed by atoms with Crippen LogP contribution >= 0.6 is 0 Å². The summed E-state index contributed by atoms with van der Waals surface area (Å²) in [7, 11) is 0. The van der Waals surface area contributed by atoms with Crippen molar-refractivity contribution in [3.8, 4) is 0 Å². The third-order valence-corrected chi connectivity index (χ3v) is 17.4. The number of rotatable bonds is 12. The van der Waals surface area contributed by atoms with Gasteiger partial charge in [-0.1, -0.05) is 39.3 Å². The molecule has 0 aromatic carbocycles. The Labute approximate surface area is 369 Å². The summed E-state index contributed by atoms with van der Waals surface area (Å²) in [5.74, 6) is 0.0506. The molecule has 0 spiro atoms. The van der Waals surface area contributed by atoms with Crippen LogP contribution in [0.15, 0.2) is 11.6 Å². The van der Waals surface area contributed by atoms with E-state index < -0.39 is 111 Å². The standard InChI is InChI=1S/C45H74O18/c1-19(18-57-40-37(54)35(52)32(49)28(16-46)60-40)8-13-45(56)20(2)30-27(63-45)15-26-24-7-6-22-14-23(9-11-43(22,4)25(24)10-12-44(26,30)5)59-42-39(36(53)33(50)29(17-47)61-42)62-41-38(55)34(51)31(48)21(3)58-41/h6,19-21,23-42,46-56H,7-18H2,1-5H3/t19-,20+,21+,23+,24?,25?,26?,27?,28-,29-,30?,31+,32-,33-,34-,35+,36+,37-,38-,39-,40-,41+,42-,43+,44+,45?/m1/s1. The largest absolute Gasteiger partial charge is 0.394 e. The molecule has 4 aliphatic carbocycles. The van der Waals surface area contributed by atoms with Gasteiger partial charge in [-0.15, -0.1) is 0 Å². The highest BCUT2D eigenvalue weighted by molar-refractivity contribution is 5.26. The second-order valence-electron chi connectivity index (χ2n) is 21.0. The van der Waals surface area contributed by atoms with E-state index >= 15 is 0 Å². The summed E-state index contributed by atoms with van der Waals surface area (Å²) in [5, 5.41) is 115. The molecule has 0 aromatic rings. The summed E-state index contributed by atoms with van der Waals surface area (Å²) < 4.78 is 42.1. The average molecular weight is 903 g/mol. The maximum Gasteiger partial charge on any atom is 0.187 e. The van der Waals surface area contributed by atoms with E-state index in [-0.39, 0.29) is 47.4 Å². The van der Waals surface area contributed by atoms with E-state index in [1.54, 1.807) is 0 Å². The zero-order chi connectivity index (χ0) is 45.5. The molecule has 7 fully saturated rings. The second kappa shape index (κ2) is 18.5. The van der Waals surface area contributed by atoms with Crippen LogP contribution in [0.3, 0.4) is 0 Å². The Kier molecular flexibility index (Phi) is 14.2. The van der Waals surface area contributed by atoms with Crippen molar-refractivity contribution in [2.75, 3.05) is 19.8 Å². The van der Waals surface area contributed by atoms with Crippen molar-refractivity contribution in [2.45, 2.75) is 203 Å². The Morgan fingerprint density at radius 3 is 2.10 bits per heavy atom. The van der Waals surface area contributed by atoms with E-state index in [9.17, 15) is 56.2 Å². The Balaban J connectivity index is 0.885. The van der Waals surface area contributed by atoms with Gasteiger partial charge < -0.3 is 89.3 Å². The Morgan fingerprint density at radius 1 is 0.746 bits per heavy atom. The Hall–Kier alpha value is -0.980. The highest BCUT2D eigenvalue weighted by atomic mass is 16.8. The van der Waals surface area contributed by atoms with Crippen molar-refractivity contribution in [3.63, 3.8) is 0 Å². The topological polar surface area (TPSA) is 287 Å². The Morgan fingerprint density at radius 2 is 1.40 bits per heavy atom. The van der Waals surface area contributed by atoms with Crippen molar-refractivity contribution in [3.05, 3.63) is 11.6 Å². The first-order valence-electron chi connectivity index (χ1n) is 23.4. The number of aliphatic hydroxyl groups is 11. The van der Waals surface area contributed by atoms with Crippen molar-refractivity contribution < 1.29 is 89.3 Å². The molecule has 18 nitrogen and oxygen atoms in total. The van der Waals surface area contributed by atoms with Gasteiger partial charge in [-0.25, -0.2) is 0 Å². The molecule has 0 amide bonds. The van der Waals surface area contributed by atoms with Gasteiger partial charge in [0.1, 0.15) is 67.1 Å². The maximum atomic E-state index is 12.0. The number of hydrogen-bond donors (Lipinski definition) is 11. The van der Waals surface area contributed by atoms with Crippen LogP contribution in [-0.4, -0.2) is 186 Å². The first kappa shape index (κ1) is 48.5. The molecule has 4 heterocycles. The molecule has 3 saturated carbocycles. The predicted molar refractivity (Wildman–Crippen MR) is 218 cm³/mol. The molecule has 26 atom stereocenters. The minimum atomic E-state index is -1.65. The van der Waals surface area contributed by atoms with E-state index in [1.165, 1.54) is 12.5 Å². The molecule has 0 bridgehead atoms. The molecule has 63 heavy (non-hydrogen) atoms. The first-order valence-corrected chi connectivity index (χ1v) is 23.4. The predicted octanol–water partition coefficient (Wildman–Crippen LogP) is -0.831. The summed E-state index contributed by atoms with van der Waals surface area (Å²) in [4.78, 5) is 0. The second-order valence-corrected chi connectivity index (χ2v) is 21.0. The quantitative estimate of drug-likeness (QED) is 0.107. The molecular formula is C45H74O18. The lowest BCUT2D eigenvalue weighted by molar-refractivity contribution is -0.369. The van der Waals surface area contributed by atoms with Crippen molar-refractivity contribution in [1.29, 1.82) is 0 Å².